The van der Waals surface area contributed by atoms with Gasteiger partial charge >= 0.3 is 0 Å². The van der Waals surface area contributed by atoms with E-state index in [4.69, 9.17) is 0 Å². The minimum Gasteiger partial charge on any atom is -0.294 e. The van der Waals surface area contributed by atoms with Crippen molar-refractivity contribution >= 4 is 11.6 Å². The van der Waals surface area contributed by atoms with Gasteiger partial charge in [0, 0.05) is 23.5 Å². The molecule has 2 aromatic rings. The van der Waals surface area contributed by atoms with Gasteiger partial charge in [-0.1, -0.05) is 81.3 Å². The average Bonchev–Trinajstić information content (AvgIpc) is 2.64. The Kier molecular flexibility index (Phi) is 6.92. The fourth-order valence-electron chi connectivity index (χ4n) is 3.05. The van der Waals surface area contributed by atoms with Gasteiger partial charge in [0.05, 0.1) is 0 Å². The van der Waals surface area contributed by atoms with Crippen LogP contribution in [0.25, 0.3) is 0 Å². The molecule has 0 N–H and O–H groups in total. The molecule has 2 heteroatoms. The number of Topliss-reactive ketones (excluding diaryl/α,β-unsaturated/α-hetero) is 2. The predicted molar refractivity (Wildman–Crippen MR) is 98.7 cm³/mol. The molecule has 0 saturated carbocycles. The molecule has 0 aliphatic carbocycles. The lowest BCUT2D eigenvalue weighted by molar-refractivity contribution is 0.0952. The zero-order chi connectivity index (χ0) is 17.4. The molecule has 126 valence electrons. The maximum atomic E-state index is 13.0. The third kappa shape index (κ3) is 4.41. The number of hydrogen-bond acceptors (Lipinski definition) is 2. The van der Waals surface area contributed by atoms with Gasteiger partial charge in [-0.3, -0.25) is 9.59 Å². The van der Waals surface area contributed by atoms with Crippen molar-refractivity contribution in [2.24, 2.45) is 0 Å². The van der Waals surface area contributed by atoms with Crippen molar-refractivity contribution < 1.29 is 9.59 Å². The first kappa shape index (κ1) is 18.1. The fraction of sp³-hybridized carbons (Fsp3) is 0.364. The van der Waals surface area contributed by atoms with E-state index in [-0.39, 0.29) is 17.5 Å². The van der Waals surface area contributed by atoms with Gasteiger partial charge in [0.1, 0.15) is 0 Å². The summed E-state index contributed by atoms with van der Waals surface area (Å²) in [7, 11) is 0. The Morgan fingerprint density at radius 3 is 2.21 bits per heavy atom. The van der Waals surface area contributed by atoms with Crippen molar-refractivity contribution in [1.82, 2.24) is 0 Å². The fourth-order valence-corrected chi connectivity index (χ4v) is 3.05. The van der Waals surface area contributed by atoms with Crippen LogP contribution in [-0.4, -0.2) is 11.6 Å². The molecule has 2 nitrogen and oxygen atoms in total. The highest BCUT2D eigenvalue weighted by Crippen LogP contribution is 2.29. The lowest BCUT2D eigenvalue weighted by atomic mass is 9.83. The van der Waals surface area contributed by atoms with E-state index in [0.717, 1.165) is 31.2 Å². The second-order valence-electron chi connectivity index (χ2n) is 6.19. The number of rotatable bonds is 9. The molecule has 0 aromatic heterocycles. The summed E-state index contributed by atoms with van der Waals surface area (Å²) in [6.45, 7) is 4.16. The number of carbonyl (C=O) groups excluding carboxylic acids is 2. The Hall–Kier alpha value is -2.22. The van der Waals surface area contributed by atoms with Crippen molar-refractivity contribution in [3.63, 3.8) is 0 Å². The number of unbranched alkanes of at least 4 members (excludes halogenated alkanes) is 1. The topological polar surface area (TPSA) is 34.1 Å². The number of carbonyl (C=O) groups is 2. The summed E-state index contributed by atoms with van der Waals surface area (Å²) in [5, 5.41) is 0. The molecule has 2 aromatic carbocycles. The summed E-state index contributed by atoms with van der Waals surface area (Å²) in [6.07, 6.45) is 4.09. The van der Waals surface area contributed by atoms with Gasteiger partial charge < -0.3 is 0 Å². The van der Waals surface area contributed by atoms with E-state index < -0.39 is 0 Å². The van der Waals surface area contributed by atoms with E-state index in [2.05, 4.69) is 13.8 Å². The van der Waals surface area contributed by atoms with Gasteiger partial charge in [0.15, 0.2) is 11.6 Å². The first-order valence-corrected chi connectivity index (χ1v) is 8.90. The second kappa shape index (κ2) is 9.17. The SMILES string of the molecule is CCCCC(=O)c1ccccc1C(CCC)C(=O)c1ccccc1. The van der Waals surface area contributed by atoms with Crippen molar-refractivity contribution in [2.75, 3.05) is 0 Å². The van der Waals surface area contributed by atoms with Crippen LogP contribution < -0.4 is 0 Å². The van der Waals surface area contributed by atoms with E-state index in [1.807, 2.05) is 54.6 Å². The molecule has 2 rings (SSSR count). The molecule has 1 unspecified atom stereocenters. The first-order chi connectivity index (χ1) is 11.7. The van der Waals surface area contributed by atoms with E-state index in [1.165, 1.54) is 0 Å². The largest absolute Gasteiger partial charge is 0.294 e. The van der Waals surface area contributed by atoms with Gasteiger partial charge in [-0.15, -0.1) is 0 Å². The van der Waals surface area contributed by atoms with Crippen LogP contribution in [-0.2, 0) is 0 Å². The first-order valence-electron chi connectivity index (χ1n) is 8.90. The van der Waals surface area contributed by atoms with Crippen molar-refractivity contribution in [3.8, 4) is 0 Å². The van der Waals surface area contributed by atoms with E-state index >= 15 is 0 Å². The van der Waals surface area contributed by atoms with Crippen molar-refractivity contribution in [2.45, 2.75) is 51.9 Å². The zero-order valence-corrected chi connectivity index (χ0v) is 14.6. The van der Waals surface area contributed by atoms with Crippen LogP contribution in [0.1, 0.15) is 78.1 Å². The zero-order valence-electron chi connectivity index (χ0n) is 14.6. The quantitative estimate of drug-likeness (QED) is 0.545. The Labute approximate surface area is 144 Å². The smallest absolute Gasteiger partial charge is 0.170 e. The summed E-state index contributed by atoms with van der Waals surface area (Å²) in [5.41, 5.74) is 2.31. The van der Waals surface area contributed by atoms with E-state index in [1.54, 1.807) is 0 Å². The molecule has 0 fully saturated rings. The third-order valence-corrected chi connectivity index (χ3v) is 4.35. The van der Waals surface area contributed by atoms with E-state index in [9.17, 15) is 9.59 Å². The van der Waals surface area contributed by atoms with Crippen LogP contribution >= 0.6 is 0 Å². The molecular weight excluding hydrogens is 296 g/mol. The Morgan fingerprint density at radius 1 is 0.875 bits per heavy atom. The molecule has 1 atom stereocenters. The average molecular weight is 322 g/mol. The predicted octanol–water partition coefficient (Wildman–Crippen LogP) is 5.83. The van der Waals surface area contributed by atoms with Crippen LogP contribution in [0.15, 0.2) is 54.6 Å². The second-order valence-corrected chi connectivity index (χ2v) is 6.19. The minimum atomic E-state index is -0.251. The highest BCUT2D eigenvalue weighted by Gasteiger charge is 2.25. The Balaban J connectivity index is 2.38. The normalized spacial score (nSPS) is 11.9. The highest BCUT2D eigenvalue weighted by molar-refractivity contribution is 6.04. The molecule has 0 spiro atoms. The Bertz CT molecular complexity index is 673. The molecule has 0 amide bonds. The van der Waals surface area contributed by atoms with Crippen LogP contribution in [0.4, 0.5) is 0 Å². The standard InChI is InChI=1S/C22H26O2/c1-3-5-16-21(23)19-15-10-9-14-18(19)20(11-4-2)22(24)17-12-7-6-8-13-17/h6-10,12-15,20H,3-5,11,16H2,1-2H3. The van der Waals surface area contributed by atoms with Gasteiger partial charge in [-0.25, -0.2) is 0 Å². The van der Waals surface area contributed by atoms with Crippen LogP contribution in [0.3, 0.4) is 0 Å². The van der Waals surface area contributed by atoms with Crippen molar-refractivity contribution in [1.29, 1.82) is 0 Å². The van der Waals surface area contributed by atoms with Gasteiger partial charge in [-0.05, 0) is 18.4 Å². The molecule has 0 heterocycles. The summed E-state index contributed by atoms with van der Waals surface area (Å²) < 4.78 is 0. The lowest BCUT2D eigenvalue weighted by Gasteiger charge is -2.19. The maximum absolute atomic E-state index is 13.0. The minimum absolute atomic E-state index is 0.105. The van der Waals surface area contributed by atoms with Crippen LogP contribution in [0.5, 0.6) is 0 Å². The summed E-state index contributed by atoms with van der Waals surface area (Å²) in [6, 6.07) is 17.0. The third-order valence-electron chi connectivity index (χ3n) is 4.35. The molecule has 0 saturated heterocycles. The Morgan fingerprint density at radius 2 is 1.54 bits per heavy atom. The molecule has 24 heavy (non-hydrogen) atoms. The highest BCUT2D eigenvalue weighted by atomic mass is 16.1. The van der Waals surface area contributed by atoms with Crippen LogP contribution in [0.2, 0.25) is 0 Å². The molecular formula is C22H26O2. The van der Waals surface area contributed by atoms with Gasteiger partial charge in [-0.2, -0.15) is 0 Å². The van der Waals surface area contributed by atoms with Gasteiger partial charge in [0.25, 0.3) is 0 Å². The number of benzene rings is 2. The molecule has 0 aliphatic rings. The number of ketones is 2. The van der Waals surface area contributed by atoms with Gasteiger partial charge in [0.2, 0.25) is 0 Å². The molecule has 0 bridgehead atoms. The summed E-state index contributed by atoms with van der Waals surface area (Å²) >= 11 is 0. The monoisotopic (exact) mass is 322 g/mol. The summed E-state index contributed by atoms with van der Waals surface area (Å²) in [5.74, 6) is 0.00165. The van der Waals surface area contributed by atoms with E-state index in [0.29, 0.717) is 17.5 Å². The lowest BCUT2D eigenvalue weighted by Crippen LogP contribution is -2.16. The molecule has 0 radical (unpaired) electrons. The van der Waals surface area contributed by atoms with Crippen molar-refractivity contribution in [3.05, 3.63) is 71.3 Å². The molecule has 0 aliphatic heterocycles. The van der Waals surface area contributed by atoms with Crippen LogP contribution in [0, 0.1) is 0 Å². The number of hydrogen-bond donors (Lipinski definition) is 0. The maximum Gasteiger partial charge on any atom is 0.170 e. The summed E-state index contributed by atoms with van der Waals surface area (Å²) in [4.78, 5) is 25.6.